The average molecular weight is 241 g/mol. The van der Waals surface area contributed by atoms with Crippen LogP contribution in [-0.4, -0.2) is 26.1 Å². The molecule has 0 aliphatic heterocycles. The summed E-state index contributed by atoms with van der Waals surface area (Å²) in [5.74, 6) is -0.377. The second-order valence-electron chi connectivity index (χ2n) is 3.29. The Hall–Kier alpha value is -1.75. The van der Waals surface area contributed by atoms with E-state index < -0.39 is 0 Å². The molecule has 0 fully saturated rings. The van der Waals surface area contributed by atoms with Crippen LogP contribution in [0.4, 0.5) is 0 Å². The summed E-state index contributed by atoms with van der Waals surface area (Å²) in [6, 6.07) is 1.25. The highest BCUT2D eigenvalue weighted by molar-refractivity contribution is 6.18. The van der Waals surface area contributed by atoms with E-state index in [1.807, 2.05) is 0 Å². The van der Waals surface area contributed by atoms with Gasteiger partial charge in [0.05, 0.1) is 17.2 Å². The second-order valence-corrected chi connectivity index (χ2v) is 3.67. The minimum atomic E-state index is -0.361. The monoisotopic (exact) mass is 240 g/mol. The number of halogens is 1. The first-order chi connectivity index (χ1) is 7.65. The predicted molar refractivity (Wildman–Crippen MR) is 60.1 cm³/mol. The number of H-pyrrole nitrogens is 1. The molecule has 84 valence electrons. The molecule has 0 saturated heterocycles. The number of aromatic amines is 1. The summed E-state index contributed by atoms with van der Waals surface area (Å²) in [4.78, 5) is 17.9. The third-order valence-electron chi connectivity index (χ3n) is 2.33. The summed E-state index contributed by atoms with van der Waals surface area (Å²) >= 11 is 5.59. The molecule has 0 radical (unpaired) electrons. The number of phenolic OH excluding ortho intramolecular Hbond substituents is 2. The van der Waals surface area contributed by atoms with Gasteiger partial charge in [0.15, 0.2) is 11.5 Å². The lowest BCUT2D eigenvalue weighted by molar-refractivity contribution is 0.401. The molecule has 1 aromatic heterocycles. The maximum absolute atomic E-state index is 11.6. The van der Waals surface area contributed by atoms with Crippen LogP contribution in [0.1, 0.15) is 5.56 Å². The Morgan fingerprint density at radius 1 is 1.44 bits per heavy atom. The third kappa shape index (κ3) is 1.59. The SMILES string of the molecule is O=c1[nH]cnc2cc(O)c(O)c(CCCl)c12. The Labute approximate surface area is 95.3 Å². The zero-order chi connectivity index (χ0) is 11.7. The minimum Gasteiger partial charge on any atom is -0.504 e. The van der Waals surface area contributed by atoms with Gasteiger partial charge >= 0.3 is 0 Å². The predicted octanol–water partition coefficient (Wildman–Crippen LogP) is 1.12. The lowest BCUT2D eigenvalue weighted by atomic mass is 10.1. The van der Waals surface area contributed by atoms with Gasteiger partial charge in [-0.3, -0.25) is 4.79 Å². The van der Waals surface area contributed by atoms with Crippen LogP contribution in [-0.2, 0) is 6.42 Å². The Morgan fingerprint density at radius 3 is 2.88 bits per heavy atom. The van der Waals surface area contributed by atoms with E-state index in [2.05, 4.69) is 9.97 Å². The van der Waals surface area contributed by atoms with Gasteiger partial charge in [0, 0.05) is 17.5 Å². The van der Waals surface area contributed by atoms with Crippen molar-refractivity contribution in [1.82, 2.24) is 9.97 Å². The number of rotatable bonds is 2. The fourth-order valence-electron chi connectivity index (χ4n) is 1.62. The van der Waals surface area contributed by atoms with Crippen LogP contribution >= 0.6 is 11.6 Å². The van der Waals surface area contributed by atoms with Gasteiger partial charge in [0.25, 0.3) is 5.56 Å². The number of nitrogens with one attached hydrogen (secondary N) is 1. The second kappa shape index (κ2) is 4.02. The van der Waals surface area contributed by atoms with Crippen LogP contribution < -0.4 is 5.56 Å². The topological polar surface area (TPSA) is 86.2 Å². The largest absolute Gasteiger partial charge is 0.504 e. The van der Waals surface area contributed by atoms with Crippen molar-refractivity contribution in [3.63, 3.8) is 0 Å². The lowest BCUT2D eigenvalue weighted by Gasteiger charge is -2.07. The third-order valence-corrected chi connectivity index (χ3v) is 2.52. The van der Waals surface area contributed by atoms with E-state index in [4.69, 9.17) is 11.6 Å². The highest BCUT2D eigenvalue weighted by Gasteiger charge is 2.14. The number of phenols is 2. The number of alkyl halides is 1. The molecule has 0 saturated carbocycles. The quantitative estimate of drug-likeness (QED) is 0.542. The van der Waals surface area contributed by atoms with Gasteiger partial charge in [-0.15, -0.1) is 11.6 Å². The Bertz CT molecular complexity index is 594. The Kier molecular flexibility index (Phi) is 2.70. The van der Waals surface area contributed by atoms with Gasteiger partial charge < -0.3 is 15.2 Å². The maximum Gasteiger partial charge on any atom is 0.258 e. The molecule has 2 rings (SSSR count). The fraction of sp³-hybridized carbons (Fsp3) is 0.200. The van der Waals surface area contributed by atoms with Crippen molar-refractivity contribution >= 4 is 22.5 Å². The number of aromatic hydroxyl groups is 2. The van der Waals surface area contributed by atoms with Gasteiger partial charge in [-0.05, 0) is 6.42 Å². The van der Waals surface area contributed by atoms with Crippen LogP contribution in [0.15, 0.2) is 17.2 Å². The standard InChI is InChI=1S/C10H9ClN2O3/c11-2-1-5-8-6(3-7(14)9(5)15)12-4-13-10(8)16/h3-4,14-15H,1-2H2,(H,12,13,16). The molecule has 0 atom stereocenters. The van der Waals surface area contributed by atoms with Crippen molar-refractivity contribution < 1.29 is 10.2 Å². The number of aromatic nitrogens is 2. The maximum atomic E-state index is 11.6. The van der Waals surface area contributed by atoms with Crippen molar-refractivity contribution in [1.29, 1.82) is 0 Å². The molecule has 3 N–H and O–H groups in total. The molecule has 2 aromatic rings. The molecule has 0 aliphatic carbocycles. The Morgan fingerprint density at radius 2 is 2.19 bits per heavy atom. The van der Waals surface area contributed by atoms with Gasteiger partial charge in [0.1, 0.15) is 0 Å². The molecule has 1 heterocycles. The molecule has 0 aliphatic rings. The van der Waals surface area contributed by atoms with Crippen LogP contribution in [0.3, 0.4) is 0 Å². The van der Waals surface area contributed by atoms with E-state index in [0.29, 0.717) is 11.1 Å². The molecule has 0 unspecified atom stereocenters. The highest BCUT2D eigenvalue weighted by Crippen LogP contribution is 2.33. The van der Waals surface area contributed by atoms with Crippen LogP contribution in [0.5, 0.6) is 11.5 Å². The summed E-state index contributed by atoms with van der Waals surface area (Å²) in [6.45, 7) is 0. The van der Waals surface area contributed by atoms with Crippen molar-refractivity contribution in [3.8, 4) is 11.5 Å². The van der Waals surface area contributed by atoms with Crippen molar-refractivity contribution in [2.45, 2.75) is 6.42 Å². The zero-order valence-corrected chi connectivity index (χ0v) is 8.95. The van der Waals surface area contributed by atoms with E-state index in [0.717, 1.165) is 0 Å². The summed E-state index contributed by atoms with van der Waals surface area (Å²) in [6.07, 6.45) is 1.53. The molecule has 0 bridgehead atoms. The first-order valence-corrected chi connectivity index (χ1v) is 5.15. The van der Waals surface area contributed by atoms with Crippen molar-refractivity contribution in [2.75, 3.05) is 5.88 Å². The Balaban J connectivity index is 2.91. The van der Waals surface area contributed by atoms with E-state index in [1.54, 1.807) is 0 Å². The fourth-order valence-corrected chi connectivity index (χ4v) is 1.81. The van der Waals surface area contributed by atoms with Crippen molar-refractivity contribution in [3.05, 3.63) is 28.3 Å². The number of benzene rings is 1. The number of hydrogen-bond donors (Lipinski definition) is 3. The number of aryl methyl sites for hydroxylation is 1. The van der Waals surface area contributed by atoms with Gasteiger partial charge in [0.2, 0.25) is 0 Å². The van der Waals surface area contributed by atoms with E-state index in [-0.39, 0.29) is 34.7 Å². The van der Waals surface area contributed by atoms with Crippen LogP contribution in [0.25, 0.3) is 10.9 Å². The molecule has 6 heteroatoms. The summed E-state index contributed by atoms with van der Waals surface area (Å²) < 4.78 is 0. The number of nitrogens with zero attached hydrogens (tertiary/aromatic N) is 1. The van der Waals surface area contributed by atoms with Gasteiger partial charge in [-0.1, -0.05) is 0 Å². The smallest absolute Gasteiger partial charge is 0.258 e. The summed E-state index contributed by atoms with van der Waals surface area (Å²) in [7, 11) is 0. The lowest BCUT2D eigenvalue weighted by Crippen LogP contribution is -2.09. The molecular weight excluding hydrogens is 232 g/mol. The molecule has 5 nitrogen and oxygen atoms in total. The van der Waals surface area contributed by atoms with E-state index in [1.165, 1.54) is 12.4 Å². The first-order valence-electron chi connectivity index (χ1n) is 4.62. The normalized spacial score (nSPS) is 10.8. The van der Waals surface area contributed by atoms with Gasteiger partial charge in [-0.2, -0.15) is 0 Å². The number of hydrogen-bond acceptors (Lipinski definition) is 4. The van der Waals surface area contributed by atoms with E-state index in [9.17, 15) is 15.0 Å². The van der Waals surface area contributed by atoms with Crippen LogP contribution in [0.2, 0.25) is 0 Å². The molecule has 1 aromatic carbocycles. The van der Waals surface area contributed by atoms with E-state index >= 15 is 0 Å². The van der Waals surface area contributed by atoms with Crippen molar-refractivity contribution in [2.24, 2.45) is 0 Å². The number of fused-ring (bicyclic) bond motifs is 1. The first kappa shape index (κ1) is 10.8. The summed E-state index contributed by atoms with van der Waals surface area (Å²) in [5, 5.41) is 19.4. The summed E-state index contributed by atoms with van der Waals surface area (Å²) in [5.41, 5.74) is 0.291. The molecule has 0 spiro atoms. The van der Waals surface area contributed by atoms with Gasteiger partial charge in [-0.25, -0.2) is 4.98 Å². The molecular formula is C10H9ClN2O3. The minimum absolute atomic E-state index is 0.237. The zero-order valence-electron chi connectivity index (χ0n) is 8.20. The molecule has 16 heavy (non-hydrogen) atoms. The average Bonchev–Trinajstić information content (AvgIpc) is 2.25. The highest BCUT2D eigenvalue weighted by atomic mass is 35.5. The van der Waals surface area contributed by atoms with Crippen LogP contribution in [0, 0.1) is 0 Å². The molecule has 0 amide bonds.